The maximum atomic E-state index is 12.4. The highest BCUT2D eigenvalue weighted by molar-refractivity contribution is 5.74. The number of carbonyl (C=O) groups excluding carboxylic acids is 1. The molecular weight excluding hydrogens is 314 g/mol. The van der Waals surface area contributed by atoms with Crippen molar-refractivity contribution >= 4 is 6.03 Å². The van der Waals surface area contributed by atoms with Crippen LogP contribution in [0.25, 0.3) is 5.82 Å². The summed E-state index contributed by atoms with van der Waals surface area (Å²) in [4.78, 5) is 18.4. The third-order valence-corrected chi connectivity index (χ3v) is 4.18. The standard InChI is InChI=1S/C19H21N5O/c1-15(17-7-4-3-5-8-17)23(2)19(25)21-14-16-9-10-18(20-13-16)24-12-6-11-22-24/h3-13,15H,14H2,1-2H3,(H,21,25)/t15-/m1/s1. The second-order valence-electron chi connectivity index (χ2n) is 5.83. The molecule has 6 heteroatoms. The number of rotatable bonds is 5. The molecule has 0 unspecified atom stereocenters. The lowest BCUT2D eigenvalue weighted by atomic mass is 10.1. The number of amides is 2. The number of hydrogen-bond donors (Lipinski definition) is 1. The lowest BCUT2D eigenvalue weighted by Gasteiger charge is -2.25. The quantitative estimate of drug-likeness (QED) is 0.779. The first-order chi connectivity index (χ1) is 12.1. The van der Waals surface area contributed by atoms with Crippen LogP contribution in [0.2, 0.25) is 0 Å². The molecule has 0 aliphatic carbocycles. The topological polar surface area (TPSA) is 63.1 Å². The summed E-state index contributed by atoms with van der Waals surface area (Å²) in [6.07, 6.45) is 5.29. The lowest BCUT2D eigenvalue weighted by molar-refractivity contribution is 0.194. The third kappa shape index (κ3) is 4.03. The highest BCUT2D eigenvalue weighted by Gasteiger charge is 2.16. The molecule has 6 nitrogen and oxygen atoms in total. The average Bonchev–Trinajstić information content (AvgIpc) is 3.21. The van der Waals surface area contributed by atoms with Gasteiger partial charge in [-0.25, -0.2) is 14.5 Å². The van der Waals surface area contributed by atoms with Gasteiger partial charge in [-0.05, 0) is 30.2 Å². The van der Waals surface area contributed by atoms with Gasteiger partial charge in [-0.3, -0.25) is 0 Å². The van der Waals surface area contributed by atoms with Gasteiger partial charge in [-0.2, -0.15) is 5.10 Å². The fourth-order valence-corrected chi connectivity index (χ4v) is 2.49. The van der Waals surface area contributed by atoms with Crippen molar-refractivity contribution < 1.29 is 4.79 Å². The molecule has 0 aliphatic heterocycles. The molecule has 0 fully saturated rings. The Bertz CT molecular complexity index is 800. The van der Waals surface area contributed by atoms with E-state index in [0.29, 0.717) is 6.54 Å². The molecule has 0 spiro atoms. The smallest absolute Gasteiger partial charge is 0.317 e. The minimum Gasteiger partial charge on any atom is -0.334 e. The van der Waals surface area contributed by atoms with Gasteiger partial charge >= 0.3 is 6.03 Å². The van der Waals surface area contributed by atoms with Gasteiger partial charge in [0.05, 0.1) is 6.04 Å². The van der Waals surface area contributed by atoms with Gasteiger partial charge in [0.2, 0.25) is 0 Å². The van der Waals surface area contributed by atoms with E-state index in [4.69, 9.17) is 0 Å². The van der Waals surface area contributed by atoms with Crippen molar-refractivity contribution in [2.24, 2.45) is 0 Å². The molecule has 1 aromatic carbocycles. The first-order valence-electron chi connectivity index (χ1n) is 8.15. The molecule has 2 heterocycles. The number of carbonyl (C=O) groups is 1. The second kappa shape index (κ2) is 7.61. The van der Waals surface area contributed by atoms with Gasteiger partial charge in [0, 0.05) is 32.2 Å². The number of aromatic nitrogens is 3. The molecule has 3 aromatic rings. The van der Waals surface area contributed by atoms with Crippen molar-refractivity contribution in [2.45, 2.75) is 19.5 Å². The zero-order chi connectivity index (χ0) is 17.6. The Morgan fingerprint density at radius 3 is 2.64 bits per heavy atom. The van der Waals surface area contributed by atoms with Crippen LogP contribution in [0, 0.1) is 0 Å². The van der Waals surface area contributed by atoms with Gasteiger partial charge in [0.1, 0.15) is 0 Å². The molecule has 0 saturated heterocycles. The molecule has 3 rings (SSSR count). The van der Waals surface area contributed by atoms with Crippen LogP contribution in [-0.2, 0) is 6.54 Å². The van der Waals surface area contributed by atoms with Crippen molar-refractivity contribution in [2.75, 3.05) is 7.05 Å². The van der Waals surface area contributed by atoms with Crippen molar-refractivity contribution in [1.82, 2.24) is 25.0 Å². The largest absolute Gasteiger partial charge is 0.334 e. The Morgan fingerprint density at radius 1 is 1.20 bits per heavy atom. The van der Waals surface area contributed by atoms with Crippen LogP contribution in [0.3, 0.4) is 0 Å². The monoisotopic (exact) mass is 335 g/mol. The first kappa shape index (κ1) is 16.7. The van der Waals surface area contributed by atoms with E-state index in [-0.39, 0.29) is 12.1 Å². The number of urea groups is 1. The Kier molecular flexibility index (Phi) is 5.09. The fraction of sp³-hybridized carbons (Fsp3) is 0.211. The average molecular weight is 335 g/mol. The number of pyridine rings is 1. The first-order valence-corrected chi connectivity index (χ1v) is 8.15. The van der Waals surface area contributed by atoms with E-state index in [0.717, 1.165) is 16.9 Å². The highest BCUT2D eigenvalue weighted by atomic mass is 16.2. The molecule has 128 valence electrons. The van der Waals surface area contributed by atoms with Crippen LogP contribution < -0.4 is 5.32 Å². The SMILES string of the molecule is C[C@H](c1ccccc1)N(C)C(=O)NCc1ccc(-n2cccn2)nc1. The highest BCUT2D eigenvalue weighted by Crippen LogP contribution is 2.18. The van der Waals surface area contributed by atoms with Gasteiger partial charge < -0.3 is 10.2 Å². The Balaban J connectivity index is 1.56. The summed E-state index contributed by atoms with van der Waals surface area (Å²) in [5.41, 5.74) is 2.04. The maximum Gasteiger partial charge on any atom is 0.317 e. The summed E-state index contributed by atoms with van der Waals surface area (Å²) in [7, 11) is 1.80. The summed E-state index contributed by atoms with van der Waals surface area (Å²) in [6.45, 7) is 2.44. The summed E-state index contributed by atoms with van der Waals surface area (Å²) in [5.74, 6) is 0.745. The lowest BCUT2D eigenvalue weighted by Crippen LogP contribution is -2.38. The Morgan fingerprint density at radius 2 is 2.00 bits per heavy atom. The van der Waals surface area contributed by atoms with Crippen LogP contribution in [0.5, 0.6) is 0 Å². The predicted octanol–water partition coefficient (Wildman–Crippen LogP) is 3.17. The van der Waals surface area contributed by atoms with E-state index in [2.05, 4.69) is 15.4 Å². The third-order valence-electron chi connectivity index (χ3n) is 4.18. The molecule has 0 bridgehead atoms. The van der Waals surface area contributed by atoms with Gasteiger partial charge in [-0.15, -0.1) is 0 Å². The number of benzene rings is 1. The van der Waals surface area contributed by atoms with E-state index in [1.807, 2.05) is 61.7 Å². The molecule has 1 atom stereocenters. The van der Waals surface area contributed by atoms with Gasteiger partial charge in [0.15, 0.2) is 5.82 Å². The molecule has 0 radical (unpaired) electrons. The van der Waals surface area contributed by atoms with Crippen LogP contribution in [-0.4, -0.2) is 32.7 Å². The van der Waals surface area contributed by atoms with E-state index >= 15 is 0 Å². The Labute approximate surface area is 147 Å². The number of nitrogens with zero attached hydrogens (tertiary/aromatic N) is 4. The number of hydrogen-bond acceptors (Lipinski definition) is 3. The van der Waals surface area contributed by atoms with Crippen molar-refractivity contribution in [3.63, 3.8) is 0 Å². The van der Waals surface area contributed by atoms with Crippen LogP contribution in [0.1, 0.15) is 24.1 Å². The van der Waals surface area contributed by atoms with E-state index < -0.39 is 0 Å². The van der Waals surface area contributed by atoms with Crippen LogP contribution in [0.15, 0.2) is 67.1 Å². The summed E-state index contributed by atoms with van der Waals surface area (Å²) in [5, 5.41) is 7.07. The normalized spacial score (nSPS) is 11.8. The second-order valence-corrected chi connectivity index (χ2v) is 5.83. The maximum absolute atomic E-state index is 12.4. The van der Waals surface area contributed by atoms with Crippen molar-refractivity contribution in [1.29, 1.82) is 0 Å². The van der Waals surface area contributed by atoms with E-state index in [1.54, 1.807) is 29.0 Å². The zero-order valence-corrected chi connectivity index (χ0v) is 14.3. The summed E-state index contributed by atoms with van der Waals surface area (Å²) >= 11 is 0. The van der Waals surface area contributed by atoms with Gasteiger partial charge in [0.25, 0.3) is 0 Å². The molecule has 1 N–H and O–H groups in total. The predicted molar refractivity (Wildman–Crippen MR) is 96.2 cm³/mol. The molecule has 25 heavy (non-hydrogen) atoms. The van der Waals surface area contributed by atoms with Crippen molar-refractivity contribution in [3.8, 4) is 5.82 Å². The molecule has 0 saturated carbocycles. The molecule has 0 aliphatic rings. The zero-order valence-electron chi connectivity index (χ0n) is 14.3. The van der Waals surface area contributed by atoms with Crippen LogP contribution in [0.4, 0.5) is 4.79 Å². The molecule has 2 aromatic heterocycles. The van der Waals surface area contributed by atoms with E-state index in [9.17, 15) is 4.79 Å². The molecular formula is C19H21N5O. The fourth-order valence-electron chi connectivity index (χ4n) is 2.49. The molecule has 2 amide bonds. The van der Waals surface area contributed by atoms with E-state index in [1.165, 1.54) is 0 Å². The number of nitrogens with one attached hydrogen (secondary N) is 1. The van der Waals surface area contributed by atoms with Crippen molar-refractivity contribution in [3.05, 3.63) is 78.2 Å². The van der Waals surface area contributed by atoms with Gasteiger partial charge in [-0.1, -0.05) is 36.4 Å². The summed E-state index contributed by atoms with van der Waals surface area (Å²) < 4.78 is 1.69. The Hall–Kier alpha value is -3.15. The van der Waals surface area contributed by atoms with Crippen LogP contribution >= 0.6 is 0 Å². The minimum absolute atomic E-state index is 0.00140. The summed E-state index contributed by atoms with van der Waals surface area (Å²) in [6, 6.07) is 15.5. The minimum atomic E-state index is -0.118.